The van der Waals surface area contributed by atoms with Crippen molar-refractivity contribution < 1.29 is 4.42 Å². The number of rotatable bonds is 0. The van der Waals surface area contributed by atoms with Crippen LogP contribution in [-0.4, -0.2) is 10.2 Å². The monoisotopic (exact) mass is 200 g/mol. The molecule has 0 saturated carbocycles. The second-order valence-corrected chi connectivity index (χ2v) is 3.55. The molecule has 0 atom stereocenters. The molecular weight excluding hydrogens is 192 g/mol. The van der Waals surface area contributed by atoms with Crippen LogP contribution >= 0.6 is 0 Å². The Labute approximate surface area is 84.5 Å². The highest BCUT2D eigenvalue weighted by Crippen LogP contribution is 2.21. The normalized spacial score (nSPS) is 11.3. The van der Waals surface area contributed by atoms with Crippen molar-refractivity contribution in [3.63, 3.8) is 0 Å². The van der Waals surface area contributed by atoms with Gasteiger partial charge in [-0.3, -0.25) is 5.10 Å². The first kappa shape index (κ1) is 8.23. The lowest BCUT2D eigenvalue weighted by molar-refractivity contribution is 0.567. The van der Waals surface area contributed by atoms with Gasteiger partial charge in [0.2, 0.25) is 0 Å². The molecule has 0 aliphatic carbocycles. The fourth-order valence-corrected chi connectivity index (χ4v) is 1.73. The Balaban J connectivity index is 2.66. The Bertz CT molecular complexity index is 709. The van der Waals surface area contributed by atoms with Crippen molar-refractivity contribution in [3.8, 4) is 0 Å². The summed E-state index contributed by atoms with van der Waals surface area (Å²) in [5.74, 6) is 0. The number of aryl methyl sites for hydroxylation is 1. The summed E-state index contributed by atoms with van der Waals surface area (Å²) in [5.41, 5.74) is 1.72. The number of aromatic nitrogens is 2. The first-order chi connectivity index (χ1) is 7.25. The van der Waals surface area contributed by atoms with E-state index in [2.05, 4.69) is 10.2 Å². The molecule has 2 aromatic heterocycles. The van der Waals surface area contributed by atoms with Crippen molar-refractivity contribution >= 4 is 21.9 Å². The molecule has 4 heteroatoms. The average molecular weight is 200 g/mol. The molecule has 0 unspecified atom stereocenters. The van der Waals surface area contributed by atoms with Crippen LogP contribution in [-0.2, 0) is 0 Å². The number of hydrogen-bond acceptors (Lipinski definition) is 3. The molecule has 3 rings (SSSR count). The third-order valence-electron chi connectivity index (χ3n) is 2.47. The van der Waals surface area contributed by atoms with Crippen LogP contribution in [0, 0.1) is 6.92 Å². The van der Waals surface area contributed by atoms with Crippen LogP contribution in [0.25, 0.3) is 21.9 Å². The van der Waals surface area contributed by atoms with E-state index in [1.54, 1.807) is 6.20 Å². The van der Waals surface area contributed by atoms with E-state index in [1.165, 1.54) is 0 Å². The molecule has 3 aromatic rings. The third-order valence-corrected chi connectivity index (χ3v) is 2.47. The van der Waals surface area contributed by atoms with Crippen LogP contribution in [0.2, 0.25) is 0 Å². The molecule has 0 radical (unpaired) electrons. The van der Waals surface area contributed by atoms with Gasteiger partial charge >= 0.3 is 5.63 Å². The molecular formula is C11H8N2O2. The van der Waals surface area contributed by atoms with E-state index in [0.29, 0.717) is 11.1 Å². The molecule has 2 heterocycles. The molecule has 0 aliphatic heterocycles. The maximum Gasteiger partial charge on any atom is 0.362 e. The highest BCUT2D eigenvalue weighted by molar-refractivity contribution is 6.02. The number of H-pyrrole nitrogens is 1. The van der Waals surface area contributed by atoms with E-state index >= 15 is 0 Å². The number of nitrogens with one attached hydrogen (secondary N) is 1. The molecule has 0 bridgehead atoms. The Kier molecular flexibility index (Phi) is 1.48. The Hall–Kier alpha value is -2.10. The smallest absolute Gasteiger partial charge is 0.362 e. The molecule has 0 spiro atoms. The van der Waals surface area contributed by atoms with Crippen LogP contribution in [0.1, 0.15) is 5.56 Å². The minimum absolute atomic E-state index is 0.374. The molecule has 15 heavy (non-hydrogen) atoms. The summed E-state index contributed by atoms with van der Waals surface area (Å²) >= 11 is 0. The van der Waals surface area contributed by atoms with Crippen LogP contribution < -0.4 is 5.63 Å². The maximum atomic E-state index is 11.5. The van der Waals surface area contributed by atoms with Crippen molar-refractivity contribution in [2.45, 2.75) is 6.92 Å². The van der Waals surface area contributed by atoms with E-state index in [-0.39, 0.29) is 5.63 Å². The van der Waals surface area contributed by atoms with Gasteiger partial charge in [-0.05, 0) is 18.6 Å². The number of nitrogens with zero attached hydrogens (tertiary/aromatic N) is 1. The summed E-state index contributed by atoms with van der Waals surface area (Å²) in [6.45, 7) is 1.96. The molecule has 1 N–H and O–H groups in total. The summed E-state index contributed by atoms with van der Waals surface area (Å²) in [6, 6.07) is 5.77. The average Bonchev–Trinajstić information content (AvgIpc) is 2.66. The summed E-state index contributed by atoms with van der Waals surface area (Å²) in [6.07, 6.45) is 1.64. The second-order valence-electron chi connectivity index (χ2n) is 3.55. The summed E-state index contributed by atoms with van der Waals surface area (Å²) in [4.78, 5) is 11.5. The number of hydrogen-bond donors (Lipinski definition) is 1. The van der Waals surface area contributed by atoms with Crippen LogP contribution in [0.15, 0.2) is 33.6 Å². The van der Waals surface area contributed by atoms with Crippen molar-refractivity contribution in [2.75, 3.05) is 0 Å². The van der Waals surface area contributed by atoms with Crippen molar-refractivity contribution in [1.29, 1.82) is 0 Å². The van der Waals surface area contributed by atoms with E-state index < -0.39 is 0 Å². The fraction of sp³-hybridized carbons (Fsp3) is 0.0909. The van der Waals surface area contributed by atoms with Crippen molar-refractivity contribution in [2.24, 2.45) is 0 Å². The van der Waals surface area contributed by atoms with Gasteiger partial charge in [-0.2, -0.15) is 5.10 Å². The van der Waals surface area contributed by atoms with Gasteiger partial charge < -0.3 is 4.42 Å². The quantitative estimate of drug-likeness (QED) is 0.564. The Morgan fingerprint density at radius 2 is 2.20 bits per heavy atom. The summed E-state index contributed by atoms with van der Waals surface area (Å²) < 4.78 is 5.19. The lowest BCUT2D eigenvalue weighted by Gasteiger charge is -1.98. The molecule has 0 aliphatic rings. The van der Waals surface area contributed by atoms with Crippen molar-refractivity contribution in [1.82, 2.24) is 10.2 Å². The zero-order valence-electron chi connectivity index (χ0n) is 8.07. The largest absolute Gasteiger partial charge is 0.421 e. The highest BCUT2D eigenvalue weighted by Gasteiger charge is 2.08. The van der Waals surface area contributed by atoms with Crippen LogP contribution in [0.5, 0.6) is 0 Å². The Morgan fingerprint density at radius 3 is 3.07 bits per heavy atom. The molecule has 74 valence electrons. The molecule has 0 amide bonds. The fourth-order valence-electron chi connectivity index (χ4n) is 1.73. The SMILES string of the molecule is Cc1ccc2c(c1)oc(=O)c1[nH]ncc12. The van der Waals surface area contributed by atoms with Crippen molar-refractivity contribution in [3.05, 3.63) is 40.4 Å². The first-order valence-electron chi connectivity index (χ1n) is 4.62. The zero-order chi connectivity index (χ0) is 10.4. The van der Waals surface area contributed by atoms with E-state index in [4.69, 9.17) is 4.42 Å². The predicted molar refractivity (Wildman–Crippen MR) is 56.9 cm³/mol. The minimum Gasteiger partial charge on any atom is -0.421 e. The predicted octanol–water partition coefficient (Wildman–Crippen LogP) is 1.98. The number of fused-ring (bicyclic) bond motifs is 3. The van der Waals surface area contributed by atoms with E-state index in [0.717, 1.165) is 16.3 Å². The number of benzene rings is 1. The van der Waals surface area contributed by atoms with Crippen LogP contribution in [0.3, 0.4) is 0 Å². The molecule has 1 aromatic carbocycles. The van der Waals surface area contributed by atoms with Gasteiger partial charge in [0.1, 0.15) is 5.58 Å². The lowest BCUT2D eigenvalue weighted by Crippen LogP contribution is -1.99. The first-order valence-corrected chi connectivity index (χ1v) is 4.62. The van der Waals surface area contributed by atoms with Gasteiger partial charge in [-0.25, -0.2) is 4.79 Å². The van der Waals surface area contributed by atoms with E-state index in [1.807, 2.05) is 25.1 Å². The lowest BCUT2D eigenvalue weighted by atomic mass is 10.1. The van der Waals surface area contributed by atoms with Gasteiger partial charge in [0.15, 0.2) is 5.52 Å². The Morgan fingerprint density at radius 1 is 1.33 bits per heavy atom. The van der Waals surface area contributed by atoms with Gasteiger partial charge in [0.05, 0.1) is 6.20 Å². The summed E-state index contributed by atoms with van der Waals surface area (Å²) in [7, 11) is 0. The maximum absolute atomic E-state index is 11.5. The highest BCUT2D eigenvalue weighted by atomic mass is 16.4. The second kappa shape index (κ2) is 2.70. The van der Waals surface area contributed by atoms with Gasteiger partial charge in [0.25, 0.3) is 0 Å². The molecule has 0 saturated heterocycles. The van der Waals surface area contributed by atoms with Gasteiger partial charge in [-0.1, -0.05) is 12.1 Å². The zero-order valence-corrected chi connectivity index (χ0v) is 8.07. The van der Waals surface area contributed by atoms with Gasteiger partial charge in [-0.15, -0.1) is 0 Å². The molecule has 0 fully saturated rings. The third kappa shape index (κ3) is 1.08. The standard InChI is InChI=1S/C11H8N2O2/c1-6-2-3-7-8-5-12-13-10(8)11(14)15-9(7)4-6/h2-5H,1H3,(H,12,13). The summed E-state index contributed by atoms with van der Waals surface area (Å²) in [5, 5.41) is 8.20. The van der Waals surface area contributed by atoms with E-state index in [9.17, 15) is 4.79 Å². The number of aromatic amines is 1. The topological polar surface area (TPSA) is 58.9 Å². The van der Waals surface area contributed by atoms with Crippen LogP contribution in [0.4, 0.5) is 0 Å². The minimum atomic E-state index is -0.374. The van der Waals surface area contributed by atoms with Gasteiger partial charge in [0, 0.05) is 10.8 Å². The molecule has 4 nitrogen and oxygen atoms in total.